The van der Waals surface area contributed by atoms with E-state index in [9.17, 15) is 5.11 Å². The number of nitrogens with zero attached hydrogens (tertiary/aromatic N) is 2. The number of benzene rings is 4. The lowest BCUT2D eigenvalue weighted by molar-refractivity contribution is -0.985. The summed E-state index contributed by atoms with van der Waals surface area (Å²) in [4.78, 5) is 5.09. The van der Waals surface area contributed by atoms with E-state index in [0.717, 1.165) is 67.2 Å². The normalized spacial score (nSPS) is 24.6. The van der Waals surface area contributed by atoms with Gasteiger partial charge in [-0.2, -0.15) is 0 Å². The molecule has 4 heterocycles. The zero-order valence-electron chi connectivity index (χ0n) is 23.3. The van der Waals surface area contributed by atoms with E-state index in [2.05, 4.69) is 124 Å². The highest BCUT2D eigenvalue weighted by Crippen LogP contribution is 2.49. The molecule has 0 saturated carbocycles. The van der Waals surface area contributed by atoms with Crippen LogP contribution >= 0.6 is 31.9 Å². The van der Waals surface area contributed by atoms with Crippen LogP contribution in [0.15, 0.2) is 99.9 Å². The van der Waals surface area contributed by atoms with Crippen molar-refractivity contribution in [3.63, 3.8) is 0 Å². The first-order valence-corrected chi connectivity index (χ1v) is 16.4. The van der Waals surface area contributed by atoms with Crippen LogP contribution in [0.2, 0.25) is 0 Å². The Bertz CT molecular complexity index is 1730. The summed E-state index contributed by atoms with van der Waals surface area (Å²) < 4.78 is 3.13. The van der Waals surface area contributed by atoms with E-state index in [1.54, 1.807) is 0 Å². The van der Waals surface area contributed by atoms with Gasteiger partial charge in [-0.1, -0.05) is 93.4 Å². The minimum absolute atomic E-state index is 0.143. The summed E-state index contributed by atoms with van der Waals surface area (Å²) in [6.07, 6.45) is 2.95. The van der Waals surface area contributed by atoms with Crippen molar-refractivity contribution in [2.45, 2.75) is 44.9 Å². The molecule has 5 atom stereocenters. The van der Waals surface area contributed by atoms with Gasteiger partial charge in [0.05, 0.1) is 24.3 Å². The minimum atomic E-state index is -0.571. The predicted octanol–water partition coefficient (Wildman–Crippen LogP) is 9.45. The van der Waals surface area contributed by atoms with Gasteiger partial charge in [0.2, 0.25) is 0 Å². The van der Waals surface area contributed by atoms with E-state index >= 15 is 0 Å². The fourth-order valence-electron chi connectivity index (χ4n) is 7.88. The zero-order valence-corrected chi connectivity index (χ0v) is 26.5. The molecule has 0 spiro atoms. The van der Waals surface area contributed by atoms with E-state index in [0.29, 0.717) is 11.8 Å². The van der Waals surface area contributed by atoms with Crippen LogP contribution in [0.5, 0.6) is 0 Å². The molecule has 4 unspecified atom stereocenters. The van der Waals surface area contributed by atoms with Gasteiger partial charge in [0.15, 0.2) is 0 Å². The molecule has 0 aliphatic carbocycles. The third-order valence-electron chi connectivity index (χ3n) is 9.88. The van der Waals surface area contributed by atoms with Crippen LogP contribution in [0.1, 0.15) is 43.4 Å². The second-order valence-electron chi connectivity index (χ2n) is 12.2. The lowest BCUT2D eigenvalue weighted by Crippen LogP contribution is -2.67. The first kappa shape index (κ1) is 27.3. The maximum Gasteiger partial charge on any atom is 0.131 e. The van der Waals surface area contributed by atoms with Crippen LogP contribution in [-0.4, -0.2) is 33.7 Å². The molecule has 3 nitrogen and oxygen atoms in total. The van der Waals surface area contributed by atoms with Crippen molar-refractivity contribution in [2.75, 3.05) is 13.1 Å². The van der Waals surface area contributed by atoms with Gasteiger partial charge in [-0.3, -0.25) is 0 Å². The standard InChI is InChI=1S/C36H35Br2N2O/c1-2-24-22-40(21-23-15-29(37)19-30(38)16-23)14-13-27(24)18-35(40)36(41)32-20-34(39-33-10-6-5-9-31(32)33)28-12-11-25-7-3-4-8-26(25)17-28/h3-12,15-17,19-20,24,27,35-36,41H,2,13-14,18,21-22H2,1H3/q+1/t24?,27?,35?,36-,40?/m0/s1. The second-order valence-corrected chi connectivity index (χ2v) is 14.0. The molecule has 3 fully saturated rings. The van der Waals surface area contributed by atoms with Gasteiger partial charge in [-0.05, 0) is 65.1 Å². The van der Waals surface area contributed by atoms with E-state index in [1.807, 2.05) is 6.07 Å². The van der Waals surface area contributed by atoms with E-state index in [4.69, 9.17) is 4.98 Å². The van der Waals surface area contributed by atoms with Crippen molar-refractivity contribution in [1.29, 1.82) is 0 Å². The summed E-state index contributed by atoms with van der Waals surface area (Å²) in [5, 5.41) is 15.9. The third kappa shape index (κ3) is 5.05. The van der Waals surface area contributed by atoms with Crippen molar-refractivity contribution in [2.24, 2.45) is 11.8 Å². The van der Waals surface area contributed by atoms with Crippen LogP contribution in [0, 0.1) is 11.8 Å². The number of piperidine rings is 3. The number of aliphatic hydroxyl groups is 1. The first-order valence-electron chi connectivity index (χ1n) is 14.8. The molecule has 3 saturated heterocycles. The molecule has 8 rings (SSSR count). The average Bonchev–Trinajstić information content (AvgIpc) is 2.99. The number of hydrogen-bond donors (Lipinski definition) is 1. The summed E-state index contributed by atoms with van der Waals surface area (Å²) in [6.45, 7) is 5.53. The zero-order chi connectivity index (χ0) is 28.1. The molecule has 5 aromatic rings. The number of fused-ring (bicyclic) bond motifs is 5. The number of pyridine rings is 1. The fraction of sp³-hybridized carbons (Fsp3) is 0.306. The Morgan fingerprint density at radius 3 is 2.46 bits per heavy atom. The van der Waals surface area contributed by atoms with Crippen LogP contribution < -0.4 is 0 Å². The molecule has 208 valence electrons. The Morgan fingerprint density at radius 2 is 1.66 bits per heavy atom. The summed E-state index contributed by atoms with van der Waals surface area (Å²) in [5.74, 6) is 1.40. The van der Waals surface area contributed by atoms with Crippen LogP contribution in [-0.2, 0) is 6.54 Å². The summed E-state index contributed by atoms with van der Waals surface area (Å²) in [7, 11) is 0. The fourth-order valence-corrected chi connectivity index (χ4v) is 9.27. The summed E-state index contributed by atoms with van der Waals surface area (Å²) in [6, 6.07) is 32.3. The van der Waals surface area contributed by atoms with Gasteiger partial charge in [0, 0.05) is 44.2 Å². The van der Waals surface area contributed by atoms with Gasteiger partial charge in [0.25, 0.3) is 0 Å². The molecule has 0 amide bonds. The SMILES string of the molecule is CCC1C[N+]2(Cc3cc(Br)cc(Br)c3)CCC1CC2[C@@H](O)c1cc(-c2ccc3ccccc3c2)nc2ccccc12. The first-order chi connectivity index (χ1) is 19.9. The van der Waals surface area contributed by atoms with E-state index in [-0.39, 0.29) is 6.04 Å². The minimum Gasteiger partial charge on any atom is -0.382 e. The Morgan fingerprint density at radius 1 is 0.902 bits per heavy atom. The van der Waals surface area contributed by atoms with Gasteiger partial charge in [-0.25, -0.2) is 4.98 Å². The molecule has 41 heavy (non-hydrogen) atoms. The van der Waals surface area contributed by atoms with Crippen LogP contribution in [0.3, 0.4) is 0 Å². The quantitative estimate of drug-likeness (QED) is 0.183. The van der Waals surface area contributed by atoms with Crippen molar-refractivity contribution in [1.82, 2.24) is 4.98 Å². The molecular weight excluding hydrogens is 636 g/mol. The maximum atomic E-state index is 12.5. The average molecular weight is 671 g/mol. The molecule has 2 bridgehead atoms. The lowest BCUT2D eigenvalue weighted by atomic mass is 9.70. The molecule has 3 aliphatic rings. The van der Waals surface area contributed by atoms with Crippen molar-refractivity contribution in [3.8, 4) is 11.3 Å². The highest BCUT2D eigenvalue weighted by atomic mass is 79.9. The molecule has 0 radical (unpaired) electrons. The topological polar surface area (TPSA) is 33.1 Å². The molecule has 1 aromatic heterocycles. The predicted molar refractivity (Wildman–Crippen MR) is 175 cm³/mol. The lowest BCUT2D eigenvalue weighted by Gasteiger charge is -2.58. The van der Waals surface area contributed by atoms with Crippen molar-refractivity contribution < 1.29 is 9.59 Å². The Labute approximate surface area is 259 Å². The summed E-state index contributed by atoms with van der Waals surface area (Å²) in [5.41, 5.74) is 5.28. The number of hydrogen-bond acceptors (Lipinski definition) is 2. The van der Waals surface area contributed by atoms with E-state index < -0.39 is 6.10 Å². The molecular formula is C36H35Br2N2O+. The van der Waals surface area contributed by atoms with Crippen LogP contribution in [0.25, 0.3) is 32.9 Å². The number of quaternary nitrogens is 1. The van der Waals surface area contributed by atoms with Crippen molar-refractivity contribution in [3.05, 3.63) is 111 Å². The number of aliphatic hydroxyl groups excluding tert-OH is 1. The highest BCUT2D eigenvalue weighted by Gasteiger charge is 2.54. The number of rotatable bonds is 6. The van der Waals surface area contributed by atoms with Gasteiger partial charge in [-0.15, -0.1) is 0 Å². The van der Waals surface area contributed by atoms with Gasteiger partial charge >= 0.3 is 0 Å². The Balaban J connectivity index is 1.33. The number of aromatic nitrogens is 1. The van der Waals surface area contributed by atoms with Gasteiger partial charge < -0.3 is 9.59 Å². The van der Waals surface area contributed by atoms with Gasteiger partial charge in [0.1, 0.15) is 18.7 Å². The highest BCUT2D eigenvalue weighted by molar-refractivity contribution is 9.11. The monoisotopic (exact) mass is 669 g/mol. The molecule has 4 aromatic carbocycles. The van der Waals surface area contributed by atoms with Crippen LogP contribution in [0.4, 0.5) is 0 Å². The smallest absolute Gasteiger partial charge is 0.131 e. The Hall–Kier alpha value is -2.57. The number of para-hydroxylation sites is 1. The second kappa shape index (κ2) is 10.9. The number of halogens is 2. The third-order valence-corrected chi connectivity index (χ3v) is 10.8. The Kier molecular flexibility index (Phi) is 7.27. The maximum absolute atomic E-state index is 12.5. The van der Waals surface area contributed by atoms with E-state index in [1.165, 1.54) is 29.2 Å². The van der Waals surface area contributed by atoms with Crippen molar-refractivity contribution >= 4 is 53.5 Å². The largest absolute Gasteiger partial charge is 0.382 e. The molecule has 5 heteroatoms. The molecule has 1 N–H and O–H groups in total. The summed E-state index contributed by atoms with van der Waals surface area (Å²) >= 11 is 7.42. The molecule has 3 aliphatic heterocycles.